The van der Waals surface area contributed by atoms with Crippen molar-refractivity contribution in [3.05, 3.63) is 85.4 Å². The van der Waals surface area contributed by atoms with Gasteiger partial charge in [0, 0.05) is 27.9 Å². The highest BCUT2D eigenvalue weighted by Gasteiger charge is 2.13. The van der Waals surface area contributed by atoms with Gasteiger partial charge in [-0.05, 0) is 46.7 Å². The highest BCUT2D eigenvalue weighted by molar-refractivity contribution is 6.31. The minimum absolute atomic E-state index is 0.0475. The average Bonchev–Trinajstić information content (AvgIpc) is 2.68. The molecular formula is C19H14ClN5O4. The van der Waals surface area contributed by atoms with Crippen LogP contribution in [0.4, 0.5) is 17.3 Å². The van der Waals surface area contributed by atoms with Gasteiger partial charge in [-0.25, -0.2) is 4.98 Å². The summed E-state index contributed by atoms with van der Waals surface area (Å²) in [5.74, 6) is -0.184. The molecule has 4 aromatic rings. The summed E-state index contributed by atoms with van der Waals surface area (Å²) in [6, 6.07) is 15.1. The van der Waals surface area contributed by atoms with Crippen molar-refractivity contribution in [2.75, 3.05) is 5.73 Å². The molecule has 9 nitrogen and oxygen atoms in total. The number of nitrogens with zero attached hydrogens (tertiary/aromatic N) is 4. The van der Waals surface area contributed by atoms with E-state index >= 15 is 0 Å². The molecule has 29 heavy (non-hydrogen) atoms. The first-order valence-corrected chi connectivity index (χ1v) is 8.65. The second-order valence-electron chi connectivity index (χ2n) is 6.06. The summed E-state index contributed by atoms with van der Waals surface area (Å²) in [7, 11) is 0. The van der Waals surface area contributed by atoms with Crippen LogP contribution in [0.1, 0.15) is 5.56 Å². The second-order valence-corrected chi connectivity index (χ2v) is 6.49. The van der Waals surface area contributed by atoms with Crippen molar-refractivity contribution in [3.8, 4) is 0 Å². The Morgan fingerprint density at radius 1 is 0.931 bits per heavy atom. The summed E-state index contributed by atoms with van der Waals surface area (Å²) in [4.78, 5) is 28.0. The Bertz CT molecular complexity index is 1260. The molecule has 0 atom stereocenters. The number of rotatable bonds is 2. The van der Waals surface area contributed by atoms with Gasteiger partial charge in [0.2, 0.25) is 5.82 Å². The first-order chi connectivity index (χ1) is 13.8. The van der Waals surface area contributed by atoms with Gasteiger partial charge in [-0.15, -0.1) is 0 Å². The van der Waals surface area contributed by atoms with E-state index in [9.17, 15) is 20.2 Å². The molecule has 0 spiro atoms. The number of aryl methyl sites for hydroxylation is 1. The van der Waals surface area contributed by atoms with E-state index in [2.05, 4.69) is 9.97 Å². The summed E-state index contributed by atoms with van der Waals surface area (Å²) < 4.78 is 0. The molecule has 2 aromatic heterocycles. The van der Waals surface area contributed by atoms with E-state index in [0.717, 1.165) is 10.9 Å². The number of hydrogen-bond acceptors (Lipinski definition) is 7. The Kier molecular flexibility index (Phi) is 5.51. The van der Waals surface area contributed by atoms with Crippen LogP contribution in [0.2, 0.25) is 5.02 Å². The smallest absolute Gasteiger partial charge is 0.364 e. The standard InChI is InChI=1S/C10H7ClN2O2.C9H7N3O2/c1-6-4-10(13(14)15)12-9-3-2-7(11)5-8(6)9;10-9-8(12(13)14)5-6-3-1-2-4-7(6)11-9/h2-5H,1H3;1-5H,(H2,10,11). The van der Waals surface area contributed by atoms with Gasteiger partial charge in [0.25, 0.3) is 0 Å². The first kappa shape index (κ1) is 19.9. The quantitative estimate of drug-likeness (QED) is 0.368. The lowest BCUT2D eigenvalue weighted by atomic mass is 10.1. The number of halogens is 1. The number of para-hydroxylation sites is 1. The van der Waals surface area contributed by atoms with E-state index in [4.69, 9.17) is 17.3 Å². The molecule has 0 aliphatic heterocycles. The summed E-state index contributed by atoms with van der Waals surface area (Å²) in [5, 5.41) is 23.3. The van der Waals surface area contributed by atoms with E-state index in [1.165, 1.54) is 12.1 Å². The third-order valence-corrected chi connectivity index (χ3v) is 4.32. The Morgan fingerprint density at radius 3 is 2.34 bits per heavy atom. The van der Waals surface area contributed by atoms with E-state index in [-0.39, 0.29) is 17.3 Å². The first-order valence-electron chi connectivity index (χ1n) is 8.27. The van der Waals surface area contributed by atoms with Crippen molar-refractivity contribution < 1.29 is 9.85 Å². The number of aromatic nitrogens is 2. The number of nitrogen functional groups attached to an aromatic ring is 1. The highest BCUT2D eigenvalue weighted by Crippen LogP contribution is 2.25. The number of fused-ring (bicyclic) bond motifs is 2. The minimum atomic E-state index is -0.533. The predicted molar refractivity (Wildman–Crippen MR) is 111 cm³/mol. The summed E-state index contributed by atoms with van der Waals surface area (Å²) in [6.45, 7) is 1.80. The molecule has 0 unspecified atom stereocenters. The molecular weight excluding hydrogens is 398 g/mol. The van der Waals surface area contributed by atoms with Crippen LogP contribution >= 0.6 is 11.6 Å². The lowest BCUT2D eigenvalue weighted by molar-refractivity contribution is -0.389. The molecule has 0 aliphatic carbocycles. The van der Waals surface area contributed by atoms with E-state index in [1.54, 1.807) is 49.4 Å². The molecule has 0 saturated heterocycles. The maximum Gasteiger partial charge on any atom is 0.364 e. The van der Waals surface area contributed by atoms with Crippen molar-refractivity contribution in [1.82, 2.24) is 9.97 Å². The van der Waals surface area contributed by atoms with Crippen LogP contribution in [0.25, 0.3) is 21.8 Å². The normalized spacial score (nSPS) is 10.4. The van der Waals surface area contributed by atoms with Gasteiger partial charge in [-0.3, -0.25) is 10.1 Å². The third kappa shape index (κ3) is 4.36. The average molecular weight is 412 g/mol. The SMILES string of the molecule is Cc1cc([N+](=O)[O-])nc2ccc(Cl)cc12.Nc1nc2ccccc2cc1[N+](=O)[O-]. The molecule has 0 amide bonds. The summed E-state index contributed by atoms with van der Waals surface area (Å²) >= 11 is 5.83. The molecule has 2 aromatic carbocycles. The number of anilines is 1. The third-order valence-electron chi connectivity index (χ3n) is 4.08. The van der Waals surface area contributed by atoms with Crippen molar-refractivity contribution in [2.24, 2.45) is 0 Å². The fraction of sp³-hybridized carbons (Fsp3) is 0.0526. The molecule has 4 rings (SSSR count). The van der Waals surface area contributed by atoms with Gasteiger partial charge in [-0.1, -0.05) is 29.8 Å². The molecule has 0 fully saturated rings. The molecule has 146 valence electrons. The molecule has 0 radical (unpaired) electrons. The number of benzene rings is 2. The molecule has 0 bridgehead atoms. The van der Waals surface area contributed by atoms with Gasteiger partial charge < -0.3 is 15.8 Å². The fourth-order valence-corrected chi connectivity index (χ4v) is 2.88. The number of nitrogens with two attached hydrogens (primary N) is 1. The van der Waals surface area contributed by atoms with Gasteiger partial charge >= 0.3 is 11.5 Å². The highest BCUT2D eigenvalue weighted by atomic mass is 35.5. The Morgan fingerprint density at radius 2 is 1.66 bits per heavy atom. The van der Waals surface area contributed by atoms with E-state index in [0.29, 0.717) is 21.4 Å². The molecule has 10 heteroatoms. The van der Waals surface area contributed by atoms with Crippen molar-refractivity contribution in [1.29, 1.82) is 0 Å². The molecule has 2 N–H and O–H groups in total. The van der Waals surface area contributed by atoms with Crippen LogP contribution in [-0.4, -0.2) is 19.8 Å². The predicted octanol–water partition coefficient (Wildman–Crippen LogP) is 4.83. The maximum atomic E-state index is 10.6. The zero-order valence-electron chi connectivity index (χ0n) is 15.1. The zero-order valence-corrected chi connectivity index (χ0v) is 15.8. The molecule has 0 aliphatic rings. The summed E-state index contributed by atoms with van der Waals surface area (Å²) in [6.07, 6.45) is 0. The maximum absolute atomic E-state index is 10.6. The van der Waals surface area contributed by atoms with Crippen molar-refractivity contribution in [2.45, 2.75) is 6.92 Å². The van der Waals surface area contributed by atoms with Crippen molar-refractivity contribution in [3.63, 3.8) is 0 Å². The van der Waals surface area contributed by atoms with Crippen LogP contribution in [-0.2, 0) is 0 Å². The largest absolute Gasteiger partial charge is 0.378 e. The minimum Gasteiger partial charge on any atom is -0.378 e. The fourth-order valence-electron chi connectivity index (χ4n) is 2.71. The van der Waals surface area contributed by atoms with Crippen LogP contribution < -0.4 is 5.73 Å². The summed E-state index contributed by atoms with van der Waals surface area (Å²) in [5.41, 5.74) is 7.34. The lowest BCUT2D eigenvalue weighted by Gasteiger charge is -1.99. The monoisotopic (exact) mass is 411 g/mol. The Hall–Kier alpha value is -3.85. The Balaban J connectivity index is 0.000000166. The van der Waals surface area contributed by atoms with E-state index in [1.807, 2.05) is 0 Å². The zero-order chi connectivity index (χ0) is 21.1. The van der Waals surface area contributed by atoms with Crippen molar-refractivity contribution >= 4 is 50.7 Å². The molecule has 0 saturated carbocycles. The van der Waals surface area contributed by atoms with Crippen LogP contribution in [0, 0.1) is 27.2 Å². The van der Waals surface area contributed by atoms with Gasteiger partial charge in [0.1, 0.15) is 0 Å². The van der Waals surface area contributed by atoms with E-state index < -0.39 is 9.85 Å². The lowest BCUT2D eigenvalue weighted by Crippen LogP contribution is -1.98. The molecule has 2 heterocycles. The number of hydrogen-bond donors (Lipinski definition) is 1. The van der Waals surface area contributed by atoms with Gasteiger partial charge in [0.15, 0.2) is 5.52 Å². The number of pyridine rings is 2. The Labute approximate surface area is 169 Å². The van der Waals surface area contributed by atoms with Crippen LogP contribution in [0.3, 0.4) is 0 Å². The second kappa shape index (κ2) is 8.03. The topological polar surface area (TPSA) is 138 Å². The van der Waals surface area contributed by atoms with Crippen LogP contribution in [0.15, 0.2) is 54.6 Å². The van der Waals surface area contributed by atoms with Crippen LogP contribution in [0.5, 0.6) is 0 Å². The number of nitro groups is 2. The van der Waals surface area contributed by atoms with Gasteiger partial charge in [-0.2, -0.15) is 0 Å². The van der Waals surface area contributed by atoms with Gasteiger partial charge in [0.05, 0.1) is 10.4 Å².